The maximum atomic E-state index is 10.6. The van der Waals surface area contributed by atoms with Crippen LogP contribution in [0.2, 0.25) is 0 Å². The van der Waals surface area contributed by atoms with Crippen LogP contribution in [0.1, 0.15) is 11.1 Å². The molecule has 1 aliphatic rings. The zero-order valence-corrected chi connectivity index (χ0v) is 36.6. The second kappa shape index (κ2) is 16.8. The molecule has 12 rings (SSSR count). The van der Waals surface area contributed by atoms with Crippen LogP contribution in [0.4, 0.5) is 0 Å². The van der Waals surface area contributed by atoms with E-state index in [9.17, 15) is 10.5 Å². The Morgan fingerprint density at radius 1 is 0.279 bits per heavy atom. The number of benzene rings is 10. The monoisotopic (exact) mass is 863 g/mol. The summed E-state index contributed by atoms with van der Waals surface area (Å²) in [5, 5.41) is 22.5. The molecule has 1 aliphatic carbocycles. The number of nitriles is 2. The Labute approximate surface area is 394 Å². The Hall–Kier alpha value is -9.55. The number of aromatic nitrogens is 3. The van der Waals surface area contributed by atoms with Gasteiger partial charge in [-0.05, 0) is 113 Å². The second-order valence-corrected chi connectivity index (χ2v) is 16.9. The van der Waals surface area contributed by atoms with E-state index >= 15 is 0 Å². The molecule has 0 spiro atoms. The molecule has 10 aromatic carbocycles. The minimum Gasteiger partial charge on any atom is -0.208 e. The van der Waals surface area contributed by atoms with Crippen molar-refractivity contribution < 1.29 is 0 Å². The highest BCUT2D eigenvalue weighted by atomic mass is 15.0. The Balaban J connectivity index is 0.927. The normalized spacial score (nSPS) is 11.2. The van der Waals surface area contributed by atoms with E-state index in [0.717, 1.165) is 66.8 Å². The highest BCUT2D eigenvalue weighted by Gasteiger charge is 2.25. The van der Waals surface area contributed by atoms with E-state index in [1.54, 1.807) is 0 Å². The highest BCUT2D eigenvalue weighted by Crippen LogP contribution is 2.51. The van der Waals surface area contributed by atoms with Gasteiger partial charge in [-0.1, -0.05) is 194 Å². The van der Waals surface area contributed by atoms with Crippen LogP contribution in [0, 0.1) is 22.7 Å². The van der Waals surface area contributed by atoms with Gasteiger partial charge in [0.15, 0.2) is 17.5 Å². The molecule has 0 bridgehead atoms. The SMILES string of the molecule is N#Cc1ccc(-c2cccc(-c3nc(-c4ccccc4)nc(-c4ccccc4-c4ccc(-c5c(C#N)cccc5-c5cccc(-c6ccc7cccc8c7c6-c6ccccc6-8)c5)cc4)n3)c2)cc1. The molecule has 0 radical (unpaired) electrons. The van der Waals surface area contributed by atoms with Crippen molar-refractivity contribution in [3.8, 4) is 124 Å². The van der Waals surface area contributed by atoms with Crippen molar-refractivity contribution in [1.29, 1.82) is 10.5 Å². The summed E-state index contributed by atoms with van der Waals surface area (Å²) in [4.78, 5) is 15.3. The van der Waals surface area contributed by atoms with Gasteiger partial charge in [0.25, 0.3) is 0 Å². The summed E-state index contributed by atoms with van der Waals surface area (Å²) in [6, 6.07) is 81.6. The Kier molecular flexibility index (Phi) is 9.87. The molecule has 314 valence electrons. The topological polar surface area (TPSA) is 86.2 Å². The van der Waals surface area contributed by atoms with E-state index in [1.807, 2.05) is 97.1 Å². The van der Waals surface area contributed by atoms with Gasteiger partial charge in [0, 0.05) is 22.3 Å². The van der Waals surface area contributed by atoms with Crippen molar-refractivity contribution in [3.05, 3.63) is 236 Å². The van der Waals surface area contributed by atoms with Gasteiger partial charge < -0.3 is 0 Å². The highest BCUT2D eigenvalue weighted by molar-refractivity contribution is 6.19. The van der Waals surface area contributed by atoms with Gasteiger partial charge in [-0.15, -0.1) is 0 Å². The number of fused-ring (bicyclic) bond motifs is 3. The molecule has 11 aromatic rings. The number of hydrogen-bond donors (Lipinski definition) is 0. The third-order valence-electron chi connectivity index (χ3n) is 13.0. The lowest BCUT2D eigenvalue weighted by Gasteiger charge is -2.16. The molecule has 0 atom stereocenters. The van der Waals surface area contributed by atoms with Crippen LogP contribution in [0.5, 0.6) is 0 Å². The molecule has 5 nitrogen and oxygen atoms in total. The number of rotatable bonds is 8. The zero-order chi connectivity index (χ0) is 45.6. The van der Waals surface area contributed by atoms with Crippen molar-refractivity contribution in [2.45, 2.75) is 0 Å². The van der Waals surface area contributed by atoms with Gasteiger partial charge in [0.1, 0.15) is 0 Å². The molecule has 0 unspecified atom stereocenters. The van der Waals surface area contributed by atoms with Gasteiger partial charge in [0.2, 0.25) is 0 Å². The lowest BCUT2D eigenvalue weighted by atomic mass is 9.87. The quantitative estimate of drug-likeness (QED) is 0.152. The summed E-state index contributed by atoms with van der Waals surface area (Å²) in [6.45, 7) is 0. The minimum atomic E-state index is 0.554. The van der Waals surface area contributed by atoms with Gasteiger partial charge in [-0.3, -0.25) is 0 Å². The third-order valence-corrected chi connectivity index (χ3v) is 13.0. The molecule has 0 fully saturated rings. The minimum absolute atomic E-state index is 0.554. The fourth-order valence-corrected chi connectivity index (χ4v) is 9.77. The Morgan fingerprint density at radius 3 is 1.56 bits per heavy atom. The fourth-order valence-electron chi connectivity index (χ4n) is 9.77. The second-order valence-electron chi connectivity index (χ2n) is 16.9. The van der Waals surface area contributed by atoms with Crippen LogP contribution in [0.15, 0.2) is 224 Å². The van der Waals surface area contributed by atoms with Gasteiger partial charge in [0.05, 0.1) is 23.3 Å². The van der Waals surface area contributed by atoms with Crippen LogP contribution in [0.25, 0.3) is 123 Å². The van der Waals surface area contributed by atoms with Crippen LogP contribution in [-0.2, 0) is 0 Å². The van der Waals surface area contributed by atoms with E-state index in [0.29, 0.717) is 28.6 Å². The van der Waals surface area contributed by atoms with Gasteiger partial charge in [-0.25, -0.2) is 15.0 Å². The first-order valence-corrected chi connectivity index (χ1v) is 22.5. The van der Waals surface area contributed by atoms with Crippen molar-refractivity contribution in [1.82, 2.24) is 15.0 Å². The van der Waals surface area contributed by atoms with Crippen molar-refractivity contribution in [2.24, 2.45) is 0 Å². The molecule has 0 N–H and O–H groups in total. The molecule has 5 heteroatoms. The summed E-state index contributed by atoms with van der Waals surface area (Å²) in [5.41, 5.74) is 19.0. The summed E-state index contributed by atoms with van der Waals surface area (Å²) in [5.74, 6) is 1.68. The maximum Gasteiger partial charge on any atom is 0.164 e. The van der Waals surface area contributed by atoms with E-state index in [1.165, 1.54) is 38.6 Å². The van der Waals surface area contributed by atoms with E-state index in [-0.39, 0.29) is 0 Å². The first-order valence-electron chi connectivity index (χ1n) is 22.5. The zero-order valence-electron chi connectivity index (χ0n) is 36.6. The average molecular weight is 864 g/mol. The molecule has 1 heterocycles. The molecular weight excluding hydrogens is 827 g/mol. The van der Waals surface area contributed by atoms with Gasteiger partial charge in [-0.2, -0.15) is 10.5 Å². The third kappa shape index (κ3) is 7.00. The van der Waals surface area contributed by atoms with Crippen LogP contribution in [-0.4, -0.2) is 15.0 Å². The molecule has 0 saturated carbocycles. The first-order chi connectivity index (χ1) is 33.6. The van der Waals surface area contributed by atoms with Crippen molar-refractivity contribution >= 4 is 10.8 Å². The lowest BCUT2D eigenvalue weighted by Crippen LogP contribution is -2.01. The lowest BCUT2D eigenvalue weighted by molar-refractivity contribution is 1.07. The molecule has 0 amide bonds. The predicted octanol–water partition coefficient (Wildman–Crippen LogP) is 15.8. The maximum absolute atomic E-state index is 10.6. The number of nitrogens with zero attached hydrogens (tertiary/aromatic N) is 5. The standard InChI is InChI=1S/C63H37N5/c64-38-40-26-28-41(29-27-40)46-15-8-18-49(36-46)62-66-61(45-12-2-1-3-13-45)67-63(68-62)57-23-7-4-20-51(57)42-30-32-44(33-31-42)58-50(39-65)19-11-24-52(58)47-16-9-17-48(37-47)53-35-34-43-14-10-25-55-54-21-5-6-22-56(54)60(53)59(43)55/h1-37H. The van der Waals surface area contributed by atoms with Crippen LogP contribution in [0.3, 0.4) is 0 Å². The fraction of sp³-hybridized carbons (Fsp3) is 0. The molecule has 1 aromatic heterocycles. The Morgan fingerprint density at radius 2 is 0.809 bits per heavy atom. The summed E-state index contributed by atoms with van der Waals surface area (Å²) >= 11 is 0. The van der Waals surface area contributed by atoms with E-state index < -0.39 is 0 Å². The summed E-state index contributed by atoms with van der Waals surface area (Å²) < 4.78 is 0. The van der Waals surface area contributed by atoms with Crippen LogP contribution < -0.4 is 0 Å². The molecule has 68 heavy (non-hydrogen) atoms. The summed E-state index contributed by atoms with van der Waals surface area (Å²) in [7, 11) is 0. The predicted molar refractivity (Wildman–Crippen MR) is 275 cm³/mol. The van der Waals surface area contributed by atoms with E-state index in [4.69, 9.17) is 15.0 Å². The molecule has 0 saturated heterocycles. The van der Waals surface area contributed by atoms with E-state index in [2.05, 4.69) is 140 Å². The average Bonchev–Trinajstić information content (AvgIpc) is 3.76. The molecule has 0 aliphatic heterocycles. The van der Waals surface area contributed by atoms with Gasteiger partial charge >= 0.3 is 0 Å². The largest absolute Gasteiger partial charge is 0.208 e. The Bertz CT molecular complexity index is 3860. The summed E-state index contributed by atoms with van der Waals surface area (Å²) in [6.07, 6.45) is 0. The first kappa shape index (κ1) is 40.0. The van der Waals surface area contributed by atoms with Crippen LogP contribution >= 0.6 is 0 Å². The molecular formula is C63H37N5. The number of hydrogen-bond acceptors (Lipinski definition) is 5. The smallest absolute Gasteiger partial charge is 0.164 e. The van der Waals surface area contributed by atoms with Crippen molar-refractivity contribution in [2.75, 3.05) is 0 Å². The van der Waals surface area contributed by atoms with Crippen molar-refractivity contribution in [3.63, 3.8) is 0 Å².